The number of primary amides is 1. The Morgan fingerprint density at radius 3 is 2.79 bits per heavy atom. The summed E-state index contributed by atoms with van der Waals surface area (Å²) in [7, 11) is 0. The number of ether oxygens (including phenoxy) is 1. The Bertz CT molecular complexity index is 450. The third-order valence-corrected chi connectivity index (χ3v) is 2.52. The van der Waals surface area contributed by atoms with E-state index in [9.17, 15) is 14.9 Å². The first kappa shape index (κ1) is 14.9. The molecule has 0 heterocycles. The van der Waals surface area contributed by atoms with E-state index in [0.717, 1.165) is 0 Å². The number of nitro benzene ring substituents is 1. The predicted octanol–water partition coefficient (Wildman–Crippen LogP) is 0.827. The Labute approximate surface area is 110 Å². The van der Waals surface area contributed by atoms with E-state index in [2.05, 4.69) is 5.32 Å². The van der Waals surface area contributed by atoms with Crippen LogP contribution in [0, 0.1) is 10.1 Å². The van der Waals surface area contributed by atoms with Crippen LogP contribution in [0.4, 0.5) is 5.69 Å². The lowest BCUT2D eigenvalue weighted by atomic mass is 10.2. The third kappa shape index (κ3) is 4.55. The first-order valence-corrected chi connectivity index (χ1v) is 5.95. The molecule has 0 aliphatic carbocycles. The van der Waals surface area contributed by atoms with Crippen molar-refractivity contribution in [3.63, 3.8) is 0 Å². The number of hydrogen-bond donors (Lipinski definition) is 2. The van der Waals surface area contributed by atoms with Gasteiger partial charge in [-0.15, -0.1) is 0 Å². The molecule has 0 aliphatic heterocycles. The number of likely N-dealkylation sites (N-methyl/N-ethyl adjacent to an activating group) is 1. The minimum absolute atomic E-state index is 0.0958. The van der Waals surface area contributed by atoms with Gasteiger partial charge in [-0.3, -0.25) is 14.9 Å². The molecule has 3 N–H and O–H groups in total. The van der Waals surface area contributed by atoms with Gasteiger partial charge in [0.25, 0.3) is 0 Å². The van der Waals surface area contributed by atoms with Crippen molar-refractivity contribution in [3.05, 3.63) is 34.4 Å². The van der Waals surface area contributed by atoms with Crippen molar-refractivity contribution in [3.8, 4) is 5.75 Å². The topological polar surface area (TPSA) is 107 Å². The lowest BCUT2D eigenvalue weighted by Gasteiger charge is -2.14. The quantitative estimate of drug-likeness (QED) is 0.535. The number of benzene rings is 1. The van der Waals surface area contributed by atoms with Crippen LogP contribution in [0.5, 0.6) is 5.75 Å². The minimum Gasteiger partial charge on any atom is -0.487 e. The second-order valence-corrected chi connectivity index (χ2v) is 3.87. The summed E-state index contributed by atoms with van der Waals surface area (Å²) in [6.07, 6.45) is 0.356. The van der Waals surface area contributed by atoms with E-state index in [-0.39, 0.29) is 18.0 Å². The Morgan fingerprint density at radius 1 is 1.53 bits per heavy atom. The van der Waals surface area contributed by atoms with Gasteiger partial charge in [0.1, 0.15) is 0 Å². The first-order chi connectivity index (χ1) is 9.06. The number of hydrogen-bond acceptors (Lipinski definition) is 5. The summed E-state index contributed by atoms with van der Waals surface area (Å²) in [4.78, 5) is 21.4. The highest BCUT2D eigenvalue weighted by Crippen LogP contribution is 2.25. The van der Waals surface area contributed by atoms with Gasteiger partial charge in [0.15, 0.2) is 5.75 Å². The van der Waals surface area contributed by atoms with Gasteiger partial charge < -0.3 is 15.8 Å². The Morgan fingerprint density at radius 2 is 2.21 bits per heavy atom. The number of para-hydroxylation sites is 2. The molecule has 7 heteroatoms. The molecule has 1 amide bonds. The molecule has 0 spiro atoms. The standard InChI is InChI=1S/C12H17N3O4/c1-2-14-9(12(13)16)7-8-19-11-6-4-3-5-10(11)15(17)18/h3-6,9,14H,2,7-8H2,1H3,(H2,13,16). The number of carbonyl (C=O) groups excluding carboxylic acids is 1. The zero-order valence-corrected chi connectivity index (χ0v) is 10.7. The van der Waals surface area contributed by atoms with Gasteiger partial charge in [-0.05, 0) is 12.6 Å². The summed E-state index contributed by atoms with van der Waals surface area (Å²) in [5.41, 5.74) is 5.12. The number of nitrogens with zero attached hydrogens (tertiary/aromatic N) is 1. The molecular formula is C12H17N3O4. The van der Waals surface area contributed by atoms with Crippen LogP contribution in [0.15, 0.2) is 24.3 Å². The average molecular weight is 267 g/mol. The summed E-state index contributed by atoms with van der Waals surface area (Å²) in [5, 5.41) is 13.7. The predicted molar refractivity (Wildman–Crippen MR) is 69.9 cm³/mol. The Kier molecular flexibility index (Phi) is 5.74. The largest absolute Gasteiger partial charge is 0.487 e. The van der Waals surface area contributed by atoms with Crippen LogP contribution in [-0.4, -0.2) is 30.0 Å². The number of nitrogens with one attached hydrogen (secondary N) is 1. The molecule has 1 rings (SSSR count). The molecule has 0 fully saturated rings. The summed E-state index contributed by atoms with van der Waals surface area (Å²) in [6, 6.07) is 5.61. The highest BCUT2D eigenvalue weighted by molar-refractivity contribution is 5.79. The van der Waals surface area contributed by atoms with Crippen molar-refractivity contribution in [2.45, 2.75) is 19.4 Å². The molecule has 1 atom stereocenters. The fraction of sp³-hybridized carbons (Fsp3) is 0.417. The van der Waals surface area contributed by atoms with E-state index in [4.69, 9.17) is 10.5 Å². The van der Waals surface area contributed by atoms with Gasteiger partial charge >= 0.3 is 5.69 Å². The smallest absolute Gasteiger partial charge is 0.310 e. The van der Waals surface area contributed by atoms with E-state index in [0.29, 0.717) is 13.0 Å². The molecule has 1 aromatic rings. The fourth-order valence-electron chi connectivity index (χ4n) is 1.61. The lowest BCUT2D eigenvalue weighted by molar-refractivity contribution is -0.385. The van der Waals surface area contributed by atoms with Crippen LogP contribution < -0.4 is 15.8 Å². The molecule has 19 heavy (non-hydrogen) atoms. The number of nitro groups is 1. The zero-order chi connectivity index (χ0) is 14.3. The summed E-state index contributed by atoms with van der Waals surface area (Å²) in [6.45, 7) is 2.64. The molecule has 0 bridgehead atoms. The normalized spacial score (nSPS) is 11.8. The maximum atomic E-state index is 11.1. The van der Waals surface area contributed by atoms with Gasteiger partial charge in [0.05, 0.1) is 17.6 Å². The van der Waals surface area contributed by atoms with Gasteiger partial charge in [0, 0.05) is 12.5 Å². The van der Waals surface area contributed by atoms with Crippen molar-refractivity contribution < 1.29 is 14.5 Å². The summed E-state index contributed by atoms with van der Waals surface area (Å²) >= 11 is 0. The SMILES string of the molecule is CCNC(CCOc1ccccc1[N+](=O)[O-])C(N)=O. The molecule has 1 aromatic carbocycles. The van der Waals surface area contributed by atoms with E-state index in [1.807, 2.05) is 6.92 Å². The molecule has 0 aromatic heterocycles. The summed E-state index contributed by atoms with van der Waals surface area (Å²) < 4.78 is 5.34. The molecular weight excluding hydrogens is 250 g/mol. The minimum atomic E-state index is -0.509. The van der Waals surface area contributed by atoms with E-state index in [1.165, 1.54) is 12.1 Å². The maximum Gasteiger partial charge on any atom is 0.310 e. The number of amides is 1. The Balaban J connectivity index is 2.57. The molecule has 0 saturated heterocycles. The van der Waals surface area contributed by atoms with Crippen LogP contribution in [0.2, 0.25) is 0 Å². The average Bonchev–Trinajstić information content (AvgIpc) is 2.38. The molecule has 104 valence electrons. The molecule has 0 radical (unpaired) electrons. The van der Waals surface area contributed by atoms with Crippen molar-refractivity contribution in [1.29, 1.82) is 0 Å². The second-order valence-electron chi connectivity index (χ2n) is 3.87. The fourth-order valence-corrected chi connectivity index (χ4v) is 1.61. The lowest BCUT2D eigenvalue weighted by Crippen LogP contribution is -2.42. The van der Waals surface area contributed by atoms with Gasteiger partial charge in [-0.25, -0.2) is 0 Å². The highest BCUT2D eigenvalue weighted by atomic mass is 16.6. The van der Waals surface area contributed by atoms with Crippen LogP contribution in [0.1, 0.15) is 13.3 Å². The van der Waals surface area contributed by atoms with Crippen molar-refractivity contribution in [2.24, 2.45) is 5.73 Å². The van der Waals surface area contributed by atoms with Gasteiger partial charge in [-0.1, -0.05) is 19.1 Å². The maximum absolute atomic E-state index is 11.1. The Hall–Kier alpha value is -2.15. The van der Waals surface area contributed by atoms with Gasteiger partial charge in [0.2, 0.25) is 5.91 Å². The molecule has 0 aliphatic rings. The van der Waals surface area contributed by atoms with Crippen LogP contribution in [0.3, 0.4) is 0 Å². The number of carbonyl (C=O) groups is 1. The second kappa shape index (κ2) is 7.32. The van der Waals surface area contributed by atoms with E-state index in [1.54, 1.807) is 12.1 Å². The van der Waals surface area contributed by atoms with Crippen molar-refractivity contribution >= 4 is 11.6 Å². The van der Waals surface area contributed by atoms with Gasteiger partial charge in [-0.2, -0.15) is 0 Å². The van der Waals surface area contributed by atoms with E-state index >= 15 is 0 Å². The van der Waals surface area contributed by atoms with Crippen LogP contribution in [-0.2, 0) is 4.79 Å². The van der Waals surface area contributed by atoms with Crippen LogP contribution in [0.25, 0.3) is 0 Å². The number of nitrogens with two attached hydrogens (primary N) is 1. The number of rotatable bonds is 8. The molecule has 0 saturated carbocycles. The molecule has 7 nitrogen and oxygen atoms in total. The third-order valence-electron chi connectivity index (χ3n) is 2.52. The first-order valence-electron chi connectivity index (χ1n) is 5.95. The molecule has 1 unspecified atom stereocenters. The van der Waals surface area contributed by atoms with Crippen molar-refractivity contribution in [2.75, 3.05) is 13.2 Å². The van der Waals surface area contributed by atoms with E-state index < -0.39 is 16.9 Å². The highest BCUT2D eigenvalue weighted by Gasteiger charge is 2.16. The van der Waals surface area contributed by atoms with Crippen molar-refractivity contribution in [1.82, 2.24) is 5.32 Å². The monoisotopic (exact) mass is 267 g/mol. The zero-order valence-electron chi connectivity index (χ0n) is 10.7. The summed E-state index contributed by atoms with van der Waals surface area (Å²) in [5.74, 6) is -0.278. The van der Waals surface area contributed by atoms with Crippen LogP contribution >= 0.6 is 0 Å².